The summed E-state index contributed by atoms with van der Waals surface area (Å²) in [5, 5.41) is 3.09. The number of nitrogens with one attached hydrogen (secondary N) is 1. The van der Waals surface area contributed by atoms with Crippen LogP contribution in [0.5, 0.6) is 0 Å². The van der Waals surface area contributed by atoms with Gasteiger partial charge >= 0.3 is 0 Å². The molecule has 0 aromatic heterocycles. The van der Waals surface area contributed by atoms with E-state index in [-0.39, 0.29) is 5.91 Å². The first-order chi connectivity index (χ1) is 13.2. The molecule has 27 heavy (non-hydrogen) atoms. The van der Waals surface area contributed by atoms with Crippen molar-refractivity contribution < 1.29 is 9.53 Å². The minimum atomic E-state index is -0.454. The molecule has 1 N–H and O–H groups in total. The van der Waals surface area contributed by atoms with Crippen LogP contribution in [0.1, 0.15) is 37.0 Å². The molecule has 1 aliphatic rings. The van der Waals surface area contributed by atoms with Crippen LogP contribution in [-0.4, -0.2) is 36.0 Å². The number of rotatable bonds is 8. The summed E-state index contributed by atoms with van der Waals surface area (Å²) in [5.41, 5.74) is 3.94. The molecule has 4 nitrogen and oxygen atoms in total. The number of amides is 1. The highest BCUT2D eigenvalue weighted by Gasteiger charge is 2.23. The highest BCUT2D eigenvalue weighted by atomic mass is 16.5. The number of hydrogen-bond donors (Lipinski definition) is 1. The quantitative estimate of drug-likeness (QED) is 0.777. The standard InChI is InChI=1S/C23H30N2O2/c1-3-22(25-14-13-20-11-7-8-12-21(20)16-25)15-24-23(26)18(2)27-17-19-9-5-4-6-10-19/h4-12,18,22H,3,13-17H2,1-2H3,(H,24,26)/t18-,22+/m1/s1. The molecule has 0 bridgehead atoms. The summed E-state index contributed by atoms with van der Waals surface area (Å²) in [5.74, 6) is -0.0400. The maximum atomic E-state index is 12.4. The molecule has 0 spiro atoms. The maximum absolute atomic E-state index is 12.4. The number of ether oxygens (including phenoxy) is 1. The Bertz CT molecular complexity index is 732. The zero-order chi connectivity index (χ0) is 19.1. The average molecular weight is 367 g/mol. The largest absolute Gasteiger partial charge is 0.364 e. The molecule has 0 unspecified atom stereocenters. The van der Waals surface area contributed by atoms with E-state index in [0.717, 1.165) is 31.5 Å². The van der Waals surface area contributed by atoms with Crippen molar-refractivity contribution in [2.24, 2.45) is 0 Å². The minimum Gasteiger partial charge on any atom is -0.364 e. The molecule has 0 radical (unpaired) electrons. The number of carbonyl (C=O) groups is 1. The van der Waals surface area contributed by atoms with Crippen LogP contribution in [0.4, 0.5) is 0 Å². The van der Waals surface area contributed by atoms with Crippen LogP contribution in [0.15, 0.2) is 54.6 Å². The second-order valence-electron chi connectivity index (χ2n) is 7.24. The summed E-state index contributed by atoms with van der Waals surface area (Å²) < 4.78 is 5.72. The van der Waals surface area contributed by atoms with Crippen molar-refractivity contribution in [3.8, 4) is 0 Å². The lowest BCUT2D eigenvalue weighted by Crippen LogP contribution is -2.47. The third-order valence-electron chi connectivity index (χ3n) is 5.37. The van der Waals surface area contributed by atoms with Crippen LogP contribution in [-0.2, 0) is 29.1 Å². The second-order valence-corrected chi connectivity index (χ2v) is 7.24. The van der Waals surface area contributed by atoms with Gasteiger partial charge in [-0.15, -0.1) is 0 Å². The molecule has 144 valence electrons. The first-order valence-electron chi connectivity index (χ1n) is 9.91. The van der Waals surface area contributed by atoms with Gasteiger partial charge in [0.05, 0.1) is 6.61 Å². The molecule has 2 atom stereocenters. The van der Waals surface area contributed by atoms with E-state index >= 15 is 0 Å². The predicted molar refractivity (Wildman–Crippen MR) is 108 cm³/mol. The summed E-state index contributed by atoms with van der Waals surface area (Å²) in [6, 6.07) is 19.0. The van der Waals surface area contributed by atoms with Crippen LogP contribution in [0.25, 0.3) is 0 Å². The first kappa shape index (κ1) is 19.6. The normalized spacial score (nSPS) is 16.4. The lowest BCUT2D eigenvalue weighted by molar-refractivity contribution is -0.132. The van der Waals surface area contributed by atoms with Gasteiger partial charge in [-0.1, -0.05) is 61.5 Å². The fourth-order valence-electron chi connectivity index (χ4n) is 3.59. The molecule has 2 aromatic rings. The molecule has 4 heteroatoms. The summed E-state index contributed by atoms with van der Waals surface area (Å²) >= 11 is 0. The number of benzene rings is 2. The van der Waals surface area contributed by atoms with E-state index < -0.39 is 6.10 Å². The van der Waals surface area contributed by atoms with E-state index in [4.69, 9.17) is 4.74 Å². The van der Waals surface area contributed by atoms with Gasteiger partial charge in [-0.3, -0.25) is 9.69 Å². The molecule has 3 rings (SSSR count). The Morgan fingerprint density at radius 3 is 2.56 bits per heavy atom. The van der Waals surface area contributed by atoms with Gasteiger partial charge in [0, 0.05) is 25.7 Å². The van der Waals surface area contributed by atoms with Crippen LogP contribution in [0, 0.1) is 0 Å². The second kappa shape index (κ2) is 9.67. The lowest BCUT2D eigenvalue weighted by atomic mass is 9.98. The fourth-order valence-corrected chi connectivity index (χ4v) is 3.59. The van der Waals surface area contributed by atoms with Crippen molar-refractivity contribution in [1.29, 1.82) is 0 Å². The zero-order valence-electron chi connectivity index (χ0n) is 16.4. The molecule has 1 aliphatic heterocycles. The van der Waals surface area contributed by atoms with E-state index in [0.29, 0.717) is 19.2 Å². The molecular formula is C23H30N2O2. The van der Waals surface area contributed by atoms with E-state index in [1.54, 1.807) is 0 Å². The fraction of sp³-hybridized carbons (Fsp3) is 0.435. The molecular weight excluding hydrogens is 336 g/mol. The summed E-state index contributed by atoms with van der Waals surface area (Å²) in [7, 11) is 0. The van der Waals surface area contributed by atoms with E-state index in [9.17, 15) is 4.79 Å². The number of hydrogen-bond acceptors (Lipinski definition) is 3. The highest BCUT2D eigenvalue weighted by Crippen LogP contribution is 2.21. The van der Waals surface area contributed by atoms with E-state index in [1.165, 1.54) is 11.1 Å². The third-order valence-corrected chi connectivity index (χ3v) is 5.37. The van der Waals surface area contributed by atoms with Crippen molar-refractivity contribution in [3.63, 3.8) is 0 Å². The molecule has 0 saturated carbocycles. The number of nitrogens with zero attached hydrogens (tertiary/aromatic N) is 1. The topological polar surface area (TPSA) is 41.6 Å². The molecule has 0 saturated heterocycles. The van der Waals surface area contributed by atoms with Crippen LogP contribution < -0.4 is 5.32 Å². The van der Waals surface area contributed by atoms with Crippen molar-refractivity contribution in [3.05, 3.63) is 71.3 Å². The Kier molecular flexibility index (Phi) is 7.02. The SMILES string of the molecule is CC[C@@H](CNC(=O)[C@@H](C)OCc1ccccc1)N1CCc2ccccc2C1. The highest BCUT2D eigenvalue weighted by molar-refractivity contribution is 5.80. The van der Waals surface area contributed by atoms with Gasteiger partial charge in [0.1, 0.15) is 6.10 Å². The van der Waals surface area contributed by atoms with Gasteiger partial charge in [0.25, 0.3) is 0 Å². The first-order valence-corrected chi connectivity index (χ1v) is 9.91. The van der Waals surface area contributed by atoms with Gasteiger partial charge in [-0.25, -0.2) is 0 Å². The van der Waals surface area contributed by atoms with Crippen LogP contribution >= 0.6 is 0 Å². The lowest BCUT2D eigenvalue weighted by Gasteiger charge is -2.35. The maximum Gasteiger partial charge on any atom is 0.248 e. The Balaban J connectivity index is 1.46. The smallest absolute Gasteiger partial charge is 0.248 e. The molecule has 1 heterocycles. The average Bonchev–Trinajstić information content (AvgIpc) is 2.73. The van der Waals surface area contributed by atoms with E-state index in [2.05, 4.69) is 41.4 Å². The minimum absolute atomic E-state index is 0.0400. The van der Waals surface area contributed by atoms with Crippen molar-refractivity contribution in [2.45, 2.75) is 52.0 Å². The summed E-state index contributed by atoms with van der Waals surface area (Å²) in [6.45, 7) is 7.13. The number of fused-ring (bicyclic) bond motifs is 1. The van der Waals surface area contributed by atoms with Crippen LogP contribution in [0.2, 0.25) is 0 Å². The van der Waals surface area contributed by atoms with Crippen molar-refractivity contribution >= 4 is 5.91 Å². The Morgan fingerprint density at radius 1 is 1.11 bits per heavy atom. The molecule has 0 fully saturated rings. The molecule has 0 aliphatic carbocycles. The zero-order valence-corrected chi connectivity index (χ0v) is 16.4. The number of carbonyl (C=O) groups excluding carboxylic acids is 1. The van der Waals surface area contributed by atoms with Gasteiger partial charge in [0.15, 0.2) is 0 Å². The summed E-state index contributed by atoms with van der Waals surface area (Å²) in [6.07, 6.45) is 1.64. The van der Waals surface area contributed by atoms with Gasteiger partial charge < -0.3 is 10.1 Å². The Morgan fingerprint density at radius 2 is 1.81 bits per heavy atom. The monoisotopic (exact) mass is 366 g/mol. The third kappa shape index (κ3) is 5.41. The summed E-state index contributed by atoms with van der Waals surface area (Å²) in [4.78, 5) is 14.9. The van der Waals surface area contributed by atoms with Crippen molar-refractivity contribution in [1.82, 2.24) is 10.2 Å². The van der Waals surface area contributed by atoms with Gasteiger partial charge in [0.2, 0.25) is 5.91 Å². The Labute approximate surface area is 162 Å². The van der Waals surface area contributed by atoms with E-state index in [1.807, 2.05) is 37.3 Å². The Hall–Kier alpha value is -2.17. The van der Waals surface area contributed by atoms with Crippen LogP contribution in [0.3, 0.4) is 0 Å². The molecule has 1 amide bonds. The van der Waals surface area contributed by atoms with Gasteiger partial charge in [-0.05, 0) is 36.5 Å². The molecule has 2 aromatic carbocycles. The van der Waals surface area contributed by atoms with Crippen molar-refractivity contribution in [2.75, 3.05) is 13.1 Å². The van der Waals surface area contributed by atoms with Gasteiger partial charge in [-0.2, -0.15) is 0 Å². The predicted octanol–water partition coefficient (Wildman–Crippen LogP) is 3.54.